The number of phenolic OH excluding ortho intramolecular Hbond substituents is 2. The van der Waals surface area contributed by atoms with E-state index in [4.69, 9.17) is 8.83 Å². The summed E-state index contributed by atoms with van der Waals surface area (Å²) in [6.07, 6.45) is 5.74. The lowest BCUT2D eigenvalue weighted by Gasteiger charge is -2.26. The Morgan fingerprint density at radius 1 is 0.771 bits per heavy atom. The fraction of sp³-hybridized carbons (Fsp3) is 0.222. The second-order valence-electron chi connectivity index (χ2n) is 9.01. The van der Waals surface area contributed by atoms with Crippen LogP contribution >= 0.6 is 0 Å². The molecule has 0 atom stereocenters. The maximum absolute atomic E-state index is 13.8. The van der Waals surface area contributed by atoms with E-state index in [1.165, 1.54) is 48.7 Å². The summed E-state index contributed by atoms with van der Waals surface area (Å²) in [5.74, 6) is -0.188. The number of aromatic nitrogens is 1. The largest absolute Gasteiger partial charge is 0.508 e. The number of phenols is 2. The van der Waals surface area contributed by atoms with E-state index in [0.29, 0.717) is 5.58 Å². The molecular weight excluding hydrogens is 450 g/mol. The van der Waals surface area contributed by atoms with Gasteiger partial charge in [-0.2, -0.15) is 0 Å². The first-order valence-electron chi connectivity index (χ1n) is 11.5. The van der Waals surface area contributed by atoms with E-state index >= 15 is 0 Å². The molecule has 1 saturated carbocycles. The zero-order valence-corrected chi connectivity index (χ0v) is 18.6. The van der Waals surface area contributed by atoms with Crippen molar-refractivity contribution in [3.63, 3.8) is 0 Å². The minimum Gasteiger partial charge on any atom is -0.508 e. The predicted octanol–water partition coefficient (Wildman–Crippen LogP) is 4.80. The molecule has 35 heavy (non-hydrogen) atoms. The zero-order chi connectivity index (χ0) is 24.3. The van der Waals surface area contributed by atoms with Gasteiger partial charge in [-0.25, -0.2) is 0 Å². The number of nitrogens with zero attached hydrogens (tertiary/aromatic N) is 1. The summed E-state index contributed by atoms with van der Waals surface area (Å²) in [7, 11) is 0. The van der Waals surface area contributed by atoms with Gasteiger partial charge in [-0.3, -0.25) is 14.4 Å². The molecule has 1 aliphatic carbocycles. The second kappa shape index (κ2) is 7.87. The van der Waals surface area contributed by atoms with E-state index in [9.17, 15) is 24.6 Å². The molecule has 2 aromatic carbocycles. The van der Waals surface area contributed by atoms with Crippen LogP contribution in [0.4, 0.5) is 0 Å². The average Bonchev–Trinajstić information content (AvgIpc) is 2.86. The highest BCUT2D eigenvalue weighted by Gasteiger charge is 2.25. The molecule has 0 saturated heterocycles. The van der Waals surface area contributed by atoms with Crippen LogP contribution in [0.15, 0.2) is 71.9 Å². The van der Waals surface area contributed by atoms with Crippen molar-refractivity contribution in [2.24, 2.45) is 0 Å². The molecule has 3 aromatic heterocycles. The molecule has 0 unspecified atom stereocenters. The third-order valence-corrected chi connectivity index (χ3v) is 6.83. The summed E-state index contributed by atoms with van der Waals surface area (Å²) in [4.78, 5) is 40.7. The van der Waals surface area contributed by atoms with Crippen molar-refractivity contribution in [1.29, 1.82) is 0 Å². The van der Waals surface area contributed by atoms with Crippen molar-refractivity contribution in [3.05, 3.63) is 79.5 Å². The van der Waals surface area contributed by atoms with Gasteiger partial charge in [0.2, 0.25) is 16.4 Å². The molecule has 0 radical (unpaired) electrons. The quantitative estimate of drug-likeness (QED) is 0.355. The van der Waals surface area contributed by atoms with E-state index in [2.05, 4.69) is 0 Å². The van der Waals surface area contributed by atoms with Gasteiger partial charge < -0.3 is 23.6 Å². The van der Waals surface area contributed by atoms with E-state index in [1.807, 2.05) is 0 Å². The molecule has 0 bridgehead atoms. The Balaban J connectivity index is 1.74. The van der Waals surface area contributed by atoms with Crippen molar-refractivity contribution in [1.82, 2.24) is 4.57 Å². The molecule has 0 aliphatic heterocycles. The number of benzene rings is 2. The molecule has 0 amide bonds. The standard InChI is InChI=1S/C27H21NO7/c29-15-6-8-22-17(10-15)25(32)20(13-34-22)21-12-19-24(31)18-11-16(30)7-9-23(18)35-26(19)27(33)28(21)14-4-2-1-3-5-14/h6-14,29-30H,1-5H2. The Kier molecular flexibility index (Phi) is 4.77. The molecule has 6 rings (SSSR count). The Morgan fingerprint density at radius 3 is 2.14 bits per heavy atom. The highest BCUT2D eigenvalue weighted by atomic mass is 16.3. The molecule has 1 aliphatic rings. The molecule has 8 heteroatoms. The predicted molar refractivity (Wildman–Crippen MR) is 131 cm³/mol. The third kappa shape index (κ3) is 3.32. The minimum atomic E-state index is -0.494. The van der Waals surface area contributed by atoms with Crippen LogP contribution in [0.25, 0.3) is 44.2 Å². The Hall–Kier alpha value is -4.33. The zero-order valence-electron chi connectivity index (χ0n) is 18.6. The summed E-state index contributed by atoms with van der Waals surface area (Å²) in [6.45, 7) is 0. The SMILES string of the molecule is O=c1c(-c2cc3c(=O)c4cc(O)ccc4oc3c(=O)n2C2CCCCC2)coc2ccc(O)cc12. The van der Waals surface area contributed by atoms with Crippen molar-refractivity contribution < 1.29 is 19.0 Å². The van der Waals surface area contributed by atoms with Crippen LogP contribution in [0.2, 0.25) is 0 Å². The Morgan fingerprint density at radius 2 is 1.43 bits per heavy atom. The van der Waals surface area contributed by atoms with Gasteiger partial charge in [0.25, 0.3) is 5.56 Å². The van der Waals surface area contributed by atoms with Crippen molar-refractivity contribution in [3.8, 4) is 22.8 Å². The number of aromatic hydroxyl groups is 2. The van der Waals surface area contributed by atoms with Gasteiger partial charge in [0, 0.05) is 6.04 Å². The molecule has 3 heterocycles. The van der Waals surface area contributed by atoms with Gasteiger partial charge >= 0.3 is 0 Å². The first-order chi connectivity index (χ1) is 16.9. The average molecular weight is 471 g/mol. The smallest absolute Gasteiger partial charge is 0.295 e. The lowest BCUT2D eigenvalue weighted by atomic mass is 9.94. The Labute approximate surface area is 197 Å². The van der Waals surface area contributed by atoms with Crippen LogP contribution in [0.1, 0.15) is 38.1 Å². The number of fused-ring (bicyclic) bond motifs is 3. The van der Waals surface area contributed by atoms with Crippen LogP contribution in [0.5, 0.6) is 11.5 Å². The van der Waals surface area contributed by atoms with E-state index in [0.717, 1.165) is 32.1 Å². The van der Waals surface area contributed by atoms with Crippen LogP contribution in [-0.2, 0) is 0 Å². The highest BCUT2D eigenvalue weighted by Crippen LogP contribution is 2.33. The lowest BCUT2D eigenvalue weighted by molar-refractivity contribution is 0.348. The summed E-state index contributed by atoms with van der Waals surface area (Å²) >= 11 is 0. The monoisotopic (exact) mass is 471 g/mol. The summed E-state index contributed by atoms with van der Waals surface area (Å²) in [5, 5.41) is 20.1. The van der Waals surface area contributed by atoms with Crippen molar-refractivity contribution in [2.45, 2.75) is 38.1 Å². The maximum atomic E-state index is 13.8. The lowest BCUT2D eigenvalue weighted by Crippen LogP contribution is -2.30. The second-order valence-corrected chi connectivity index (χ2v) is 9.01. The van der Waals surface area contributed by atoms with E-state index in [1.54, 1.807) is 4.57 Å². The minimum absolute atomic E-state index is 0.0190. The number of hydrogen-bond acceptors (Lipinski definition) is 7. The van der Waals surface area contributed by atoms with Crippen LogP contribution < -0.4 is 16.4 Å². The van der Waals surface area contributed by atoms with Crippen LogP contribution in [0, 0.1) is 0 Å². The highest BCUT2D eigenvalue weighted by molar-refractivity contribution is 5.92. The first kappa shape index (κ1) is 21.2. The van der Waals surface area contributed by atoms with Gasteiger partial charge in [0.1, 0.15) is 28.9 Å². The maximum Gasteiger partial charge on any atom is 0.295 e. The summed E-state index contributed by atoms with van der Waals surface area (Å²) in [5.41, 5.74) is -0.617. The Bertz CT molecular complexity index is 1820. The topological polar surface area (TPSA) is 123 Å². The number of hydrogen-bond donors (Lipinski definition) is 2. The van der Waals surface area contributed by atoms with E-state index < -0.39 is 16.4 Å². The molecule has 5 aromatic rings. The van der Waals surface area contributed by atoms with Crippen molar-refractivity contribution in [2.75, 3.05) is 0 Å². The third-order valence-electron chi connectivity index (χ3n) is 6.83. The molecule has 2 N–H and O–H groups in total. The van der Waals surface area contributed by atoms with E-state index in [-0.39, 0.29) is 56.1 Å². The fourth-order valence-corrected chi connectivity index (χ4v) is 5.12. The van der Waals surface area contributed by atoms with Gasteiger partial charge in [-0.05, 0) is 55.3 Å². The van der Waals surface area contributed by atoms with Crippen LogP contribution in [-0.4, -0.2) is 14.8 Å². The van der Waals surface area contributed by atoms with Gasteiger partial charge in [-0.1, -0.05) is 19.3 Å². The number of rotatable bonds is 2. The van der Waals surface area contributed by atoms with Crippen LogP contribution in [0.3, 0.4) is 0 Å². The first-order valence-corrected chi connectivity index (χ1v) is 11.5. The summed E-state index contributed by atoms with van der Waals surface area (Å²) < 4.78 is 13.1. The van der Waals surface area contributed by atoms with Gasteiger partial charge in [0.15, 0.2) is 0 Å². The molecule has 1 fully saturated rings. The summed E-state index contributed by atoms with van der Waals surface area (Å²) in [6, 6.07) is 9.70. The van der Waals surface area contributed by atoms with Crippen molar-refractivity contribution >= 4 is 32.9 Å². The normalized spacial score (nSPS) is 14.7. The molecule has 0 spiro atoms. The van der Waals surface area contributed by atoms with Gasteiger partial charge in [0.05, 0.1) is 27.4 Å². The fourth-order valence-electron chi connectivity index (χ4n) is 5.12. The molecule has 8 nitrogen and oxygen atoms in total. The van der Waals surface area contributed by atoms with Gasteiger partial charge in [-0.15, -0.1) is 0 Å². The molecule has 176 valence electrons. The number of pyridine rings is 1. The molecular formula is C27H21NO7.